The topological polar surface area (TPSA) is 55.4 Å². The zero-order valence-electron chi connectivity index (χ0n) is 14.7. The Morgan fingerprint density at radius 1 is 0.852 bits per heavy atom. The maximum Gasteiger partial charge on any atom is 0.338 e. The van der Waals surface area contributed by atoms with Crippen LogP contribution in [0, 0.1) is 5.82 Å². The Hall–Kier alpha value is -3.47. The molecule has 0 aliphatic carbocycles. The number of carbonyl (C=O) groups is 2. The number of halogens is 1. The summed E-state index contributed by atoms with van der Waals surface area (Å²) in [5.74, 6) is -1.47. The minimum atomic E-state index is -0.989. The van der Waals surface area contributed by atoms with Gasteiger partial charge in [0.2, 0.25) is 0 Å². The summed E-state index contributed by atoms with van der Waals surface area (Å²) in [6.07, 6.45) is -0.989. The summed E-state index contributed by atoms with van der Waals surface area (Å²) in [4.78, 5) is 24.4. The van der Waals surface area contributed by atoms with E-state index >= 15 is 0 Å². The molecule has 136 valence electrons. The molecule has 1 amide bonds. The summed E-state index contributed by atoms with van der Waals surface area (Å²) in [5, 5.41) is 2.57. The SMILES string of the molecule is C[C@@H](OC(=O)c1ccc(-c2ccccc2)cc1)C(=O)Nc1ccc(F)cc1. The van der Waals surface area contributed by atoms with E-state index in [1.165, 1.54) is 31.2 Å². The van der Waals surface area contributed by atoms with Crippen LogP contribution in [0.15, 0.2) is 78.9 Å². The fourth-order valence-electron chi connectivity index (χ4n) is 2.49. The molecule has 0 radical (unpaired) electrons. The molecule has 0 spiro atoms. The number of esters is 1. The predicted molar refractivity (Wildman–Crippen MR) is 102 cm³/mol. The second-order valence-corrected chi connectivity index (χ2v) is 5.99. The van der Waals surface area contributed by atoms with Crippen LogP contribution < -0.4 is 5.32 Å². The van der Waals surface area contributed by atoms with Crippen molar-refractivity contribution in [2.45, 2.75) is 13.0 Å². The van der Waals surface area contributed by atoms with Gasteiger partial charge in [0.1, 0.15) is 5.82 Å². The van der Waals surface area contributed by atoms with Crippen LogP contribution in [0.3, 0.4) is 0 Å². The summed E-state index contributed by atoms with van der Waals surface area (Å²) in [5.41, 5.74) is 2.81. The molecule has 0 saturated heterocycles. The first-order valence-electron chi connectivity index (χ1n) is 8.46. The number of nitrogens with one attached hydrogen (secondary N) is 1. The molecule has 3 aromatic carbocycles. The standard InChI is InChI=1S/C22H18FNO3/c1-15(21(25)24-20-13-11-19(23)12-14-20)27-22(26)18-9-7-17(8-10-18)16-5-3-2-4-6-16/h2-15H,1H3,(H,24,25)/t15-/m1/s1. The number of anilines is 1. The Morgan fingerprint density at radius 3 is 2.07 bits per heavy atom. The molecule has 0 aliphatic heterocycles. The third-order valence-electron chi connectivity index (χ3n) is 3.99. The van der Waals surface area contributed by atoms with Gasteiger partial charge in [0, 0.05) is 5.69 Å². The van der Waals surface area contributed by atoms with Crippen LogP contribution in [-0.4, -0.2) is 18.0 Å². The molecule has 27 heavy (non-hydrogen) atoms. The van der Waals surface area contributed by atoms with Crippen molar-refractivity contribution in [1.82, 2.24) is 0 Å². The van der Waals surface area contributed by atoms with Crippen molar-refractivity contribution >= 4 is 17.6 Å². The molecule has 3 aromatic rings. The molecule has 0 fully saturated rings. The Balaban J connectivity index is 1.60. The minimum Gasteiger partial charge on any atom is -0.449 e. The highest BCUT2D eigenvalue weighted by molar-refractivity contribution is 5.97. The van der Waals surface area contributed by atoms with Crippen LogP contribution in [0.1, 0.15) is 17.3 Å². The maximum atomic E-state index is 12.9. The lowest BCUT2D eigenvalue weighted by atomic mass is 10.0. The molecule has 3 rings (SSSR count). The Morgan fingerprint density at radius 2 is 1.44 bits per heavy atom. The predicted octanol–water partition coefficient (Wildman–Crippen LogP) is 4.68. The fraction of sp³-hybridized carbons (Fsp3) is 0.0909. The number of carbonyl (C=O) groups excluding carboxylic acids is 2. The Kier molecular flexibility index (Phi) is 5.61. The largest absolute Gasteiger partial charge is 0.449 e. The van der Waals surface area contributed by atoms with E-state index in [9.17, 15) is 14.0 Å². The monoisotopic (exact) mass is 363 g/mol. The van der Waals surface area contributed by atoms with Gasteiger partial charge in [-0.15, -0.1) is 0 Å². The van der Waals surface area contributed by atoms with Gasteiger partial charge in [0.15, 0.2) is 6.10 Å². The number of ether oxygens (including phenoxy) is 1. The zero-order chi connectivity index (χ0) is 19.2. The molecule has 4 nitrogen and oxygen atoms in total. The highest BCUT2D eigenvalue weighted by Gasteiger charge is 2.19. The quantitative estimate of drug-likeness (QED) is 0.670. The van der Waals surface area contributed by atoms with Crippen LogP contribution in [0.25, 0.3) is 11.1 Å². The number of hydrogen-bond donors (Lipinski definition) is 1. The lowest BCUT2D eigenvalue weighted by Crippen LogP contribution is -2.30. The molecule has 0 unspecified atom stereocenters. The van der Waals surface area contributed by atoms with Gasteiger partial charge in [-0.3, -0.25) is 4.79 Å². The van der Waals surface area contributed by atoms with Gasteiger partial charge in [0.25, 0.3) is 5.91 Å². The molecule has 0 aromatic heterocycles. The Labute approximate surface area is 156 Å². The number of benzene rings is 3. The van der Waals surface area contributed by atoms with Gasteiger partial charge < -0.3 is 10.1 Å². The molecule has 0 saturated carbocycles. The van der Waals surface area contributed by atoms with Crippen LogP contribution in [0.5, 0.6) is 0 Å². The van der Waals surface area contributed by atoms with Gasteiger partial charge in [-0.2, -0.15) is 0 Å². The highest BCUT2D eigenvalue weighted by Crippen LogP contribution is 2.20. The highest BCUT2D eigenvalue weighted by atomic mass is 19.1. The molecule has 0 bridgehead atoms. The van der Waals surface area contributed by atoms with E-state index in [1.807, 2.05) is 42.5 Å². The van der Waals surface area contributed by atoms with Gasteiger partial charge >= 0.3 is 5.97 Å². The Bertz CT molecular complexity index is 922. The summed E-state index contributed by atoms with van der Waals surface area (Å²) >= 11 is 0. The summed E-state index contributed by atoms with van der Waals surface area (Å²) < 4.78 is 18.1. The molecule has 0 heterocycles. The first kappa shape index (κ1) is 18.3. The number of hydrogen-bond acceptors (Lipinski definition) is 3. The van der Waals surface area contributed by atoms with Crippen molar-refractivity contribution in [1.29, 1.82) is 0 Å². The first-order chi connectivity index (χ1) is 13.0. The smallest absolute Gasteiger partial charge is 0.338 e. The lowest BCUT2D eigenvalue weighted by molar-refractivity contribution is -0.123. The molecule has 0 aliphatic rings. The summed E-state index contributed by atoms with van der Waals surface area (Å²) in [6.45, 7) is 1.48. The van der Waals surface area contributed by atoms with Gasteiger partial charge in [0.05, 0.1) is 5.56 Å². The number of amides is 1. The van der Waals surface area contributed by atoms with Crippen molar-refractivity contribution < 1.29 is 18.7 Å². The van der Waals surface area contributed by atoms with Crippen molar-refractivity contribution in [3.05, 3.63) is 90.2 Å². The van der Waals surface area contributed by atoms with Crippen LogP contribution >= 0.6 is 0 Å². The van der Waals surface area contributed by atoms with E-state index in [0.29, 0.717) is 11.3 Å². The first-order valence-corrected chi connectivity index (χ1v) is 8.46. The van der Waals surface area contributed by atoms with Gasteiger partial charge in [-0.05, 0) is 54.4 Å². The normalized spacial score (nSPS) is 11.5. The third kappa shape index (κ3) is 4.79. The molecule has 1 atom stereocenters. The third-order valence-corrected chi connectivity index (χ3v) is 3.99. The van der Waals surface area contributed by atoms with Crippen LogP contribution in [0.4, 0.5) is 10.1 Å². The minimum absolute atomic E-state index is 0.358. The molecular weight excluding hydrogens is 345 g/mol. The van der Waals surface area contributed by atoms with Crippen LogP contribution in [0.2, 0.25) is 0 Å². The van der Waals surface area contributed by atoms with E-state index in [1.54, 1.807) is 12.1 Å². The van der Waals surface area contributed by atoms with E-state index in [4.69, 9.17) is 4.74 Å². The van der Waals surface area contributed by atoms with Crippen molar-refractivity contribution in [3.8, 4) is 11.1 Å². The van der Waals surface area contributed by atoms with Crippen molar-refractivity contribution in [2.24, 2.45) is 0 Å². The van der Waals surface area contributed by atoms with E-state index in [-0.39, 0.29) is 0 Å². The van der Waals surface area contributed by atoms with E-state index < -0.39 is 23.8 Å². The summed E-state index contributed by atoms with van der Waals surface area (Å²) in [7, 11) is 0. The molecule has 1 N–H and O–H groups in total. The van der Waals surface area contributed by atoms with Crippen molar-refractivity contribution in [3.63, 3.8) is 0 Å². The van der Waals surface area contributed by atoms with Crippen LogP contribution in [-0.2, 0) is 9.53 Å². The van der Waals surface area contributed by atoms with Gasteiger partial charge in [-0.1, -0.05) is 42.5 Å². The second kappa shape index (κ2) is 8.27. The number of rotatable bonds is 5. The van der Waals surface area contributed by atoms with E-state index in [0.717, 1.165) is 11.1 Å². The second-order valence-electron chi connectivity index (χ2n) is 5.99. The molecule has 5 heteroatoms. The fourth-order valence-corrected chi connectivity index (χ4v) is 2.49. The zero-order valence-corrected chi connectivity index (χ0v) is 14.7. The van der Waals surface area contributed by atoms with E-state index in [2.05, 4.69) is 5.32 Å². The average molecular weight is 363 g/mol. The summed E-state index contributed by atoms with van der Waals surface area (Å²) in [6, 6.07) is 22.1. The average Bonchev–Trinajstić information content (AvgIpc) is 2.70. The van der Waals surface area contributed by atoms with Gasteiger partial charge in [-0.25, -0.2) is 9.18 Å². The van der Waals surface area contributed by atoms with Crippen molar-refractivity contribution in [2.75, 3.05) is 5.32 Å². The lowest BCUT2D eigenvalue weighted by Gasteiger charge is -2.14. The maximum absolute atomic E-state index is 12.9. The molecular formula is C22H18FNO3.